The number of aromatic nitrogens is 1. The van der Waals surface area contributed by atoms with E-state index in [1.54, 1.807) is 0 Å². The molecule has 3 amide bonds. The summed E-state index contributed by atoms with van der Waals surface area (Å²) in [6.45, 7) is 3.02. The molecule has 2 aromatic rings. The van der Waals surface area contributed by atoms with Crippen LogP contribution in [0.25, 0.3) is 10.9 Å². The number of pyridine rings is 1. The lowest BCUT2D eigenvalue weighted by molar-refractivity contribution is -0.157. The first-order chi connectivity index (χ1) is 24.9. The number of amides is 3. The number of alkyl halides is 3. The Hall–Kier alpha value is -4.54. The zero-order valence-corrected chi connectivity index (χ0v) is 30.0. The molecule has 53 heavy (non-hydrogen) atoms. The summed E-state index contributed by atoms with van der Waals surface area (Å²) in [6.07, 6.45) is -1.88. The van der Waals surface area contributed by atoms with Crippen molar-refractivity contribution in [2.75, 3.05) is 0 Å². The number of halogens is 3. The predicted molar refractivity (Wildman–Crippen MR) is 184 cm³/mol. The van der Waals surface area contributed by atoms with Gasteiger partial charge in [-0.25, -0.2) is 18.2 Å². The quantitative estimate of drug-likeness (QED) is 0.382. The number of Topliss-reactive ketones (excluding diaryl/α,β-unsaturated/α-hetero) is 1. The predicted octanol–water partition coefficient (Wildman–Crippen LogP) is 5.09. The lowest BCUT2D eigenvalue weighted by atomic mass is 9.87. The van der Waals surface area contributed by atoms with Crippen molar-refractivity contribution >= 4 is 50.8 Å². The molecule has 0 unspecified atom stereocenters. The van der Waals surface area contributed by atoms with E-state index in [9.17, 15) is 45.9 Å². The van der Waals surface area contributed by atoms with Gasteiger partial charge in [-0.15, -0.1) is 0 Å². The molecule has 4 atom stereocenters. The molecule has 1 spiro atoms. The van der Waals surface area contributed by atoms with Crippen LogP contribution in [0.1, 0.15) is 94.4 Å². The number of allylic oxidation sites excluding steroid dienone is 2. The Labute approximate surface area is 303 Å². The van der Waals surface area contributed by atoms with Gasteiger partial charge in [-0.2, -0.15) is 13.2 Å². The molecule has 5 aliphatic rings. The van der Waals surface area contributed by atoms with E-state index in [-0.39, 0.29) is 54.5 Å². The molecule has 2 aliphatic carbocycles. The molecule has 17 heteroatoms. The van der Waals surface area contributed by atoms with Crippen molar-refractivity contribution in [2.24, 2.45) is 10.9 Å². The van der Waals surface area contributed by atoms with Crippen LogP contribution in [0.4, 0.5) is 18.0 Å². The fraction of sp³-hybridized carbons (Fsp3) is 0.556. The van der Waals surface area contributed by atoms with Gasteiger partial charge in [0, 0.05) is 55.0 Å². The number of hydrogen-bond acceptors (Lipinski definition) is 9. The fourth-order valence-electron chi connectivity index (χ4n) is 7.89. The molecule has 1 saturated heterocycles. The van der Waals surface area contributed by atoms with Gasteiger partial charge in [0.15, 0.2) is 11.5 Å². The minimum atomic E-state index is -4.68. The number of hydrogen-bond donors (Lipinski definition) is 3. The molecule has 13 nitrogen and oxygen atoms in total. The summed E-state index contributed by atoms with van der Waals surface area (Å²) in [6, 6.07) is 1.57. The van der Waals surface area contributed by atoms with Crippen molar-refractivity contribution in [1.82, 2.24) is 19.9 Å². The third-order valence-electron chi connectivity index (χ3n) is 11.3. The number of nitrogens with one attached hydrogen (secondary N) is 2. The van der Waals surface area contributed by atoms with E-state index in [1.165, 1.54) is 37.1 Å². The van der Waals surface area contributed by atoms with Gasteiger partial charge >= 0.3 is 12.3 Å². The van der Waals surface area contributed by atoms with Gasteiger partial charge in [-0.3, -0.25) is 29.0 Å². The smallest absolute Gasteiger partial charge is 0.418 e. The van der Waals surface area contributed by atoms with Gasteiger partial charge in [-0.1, -0.05) is 18.6 Å². The van der Waals surface area contributed by atoms with Crippen LogP contribution in [0.15, 0.2) is 34.5 Å². The first-order valence-corrected chi connectivity index (χ1v) is 19.3. The minimum absolute atomic E-state index is 0.0200. The highest BCUT2D eigenvalue weighted by Crippen LogP contribution is 2.48. The lowest BCUT2D eigenvalue weighted by Crippen LogP contribution is -2.60. The number of ether oxygens (including phenoxy) is 1. The first-order valence-electron chi connectivity index (χ1n) is 17.8. The number of carbonyl (C=O) groups excluding carboxylic acids is 3. The van der Waals surface area contributed by atoms with E-state index >= 15 is 0 Å². The number of ketones is 1. The van der Waals surface area contributed by atoms with Crippen LogP contribution in [0, 0.1) is 12.8 Å². The third kappa shape index (κ3) is 6.87. The second-order valence-corrected chi connectivity index (χ2v) is 17.2. The lowest BCUT2D eigenvalue weighted by Gasteiger charge is -2.47. The monoisotopic (exact) mass is 759 g/mol. The number of rotatable bonds is 4. The van der Waals surface area contributed by atoms with Crippen molar-refractivity contribution in [1.29, 1.82) is 0 Å². The van der Waals surface area contributed by atoms with Crippen molar-refractivity contribution in [2.45, 2.75) is 120 Å². The maximum atomic E-state index is 14.2. The van der Waals surface area contributed by atoms with Crippen molar-refractivity contribution < 1.29 is 50.6 Å². The number of fused-ring (bicyclic) bond motifs is 5. The Kier molecular flexibility index (Phi) is 9.09. The Morgan fingerprint density at radius 1 is 1.08 bits per heavy atom. The summed E-state index contributed by atoms with van der Waals surface area (Å²) in [5.74, 6) is -2.99. The molecule has 4 heterocycles. The molecule has 1 aromatic heterocycles. The van der Waals surface area contributed by atoms with E-state index < -0.39 is 80.3 Å². The summed E-state index contributed by atoms with van der Waals surface area (Å²) in [5, 5.41) is 12.1. The van der Waals surface area contributed by atoms with Gasteiger partial charge in [0.2, 0.25) is 21.8 Å². The molecule has 1 aromatic carbocycles. The van der Waals surface area contributed by atoms with Crippen molar-refractivity contribution in [3.8, 4) is 5.75 Å². The Morgan fingerprint density at radius 2 is 1.81 bits per heavy atom. The number of aryl methyl sites for hydroxylation is 2. The minimum Gasteiger partial charge on any atom is -0.466 e. The average molecular weight is 760 g/mol. The van der Waals surface area contributed by atoms with Crippen LogP contribution in [0.5, 0.6) is 5.75 Å². The standard InChI is InChI=1S/C36H40F3N5O8S/c1-19-31-22(21-7-5-8-24(30(21)41-19)36(37,38)39)10-12-35(52-31)13-11-28(45)25(42-33(48)49)9-4-3-6-20-16-26(20)40-18-27-23(17-29(46)44(27)35)32(47)43-53(50,51)34(2)14-15-34/h5,7-8,18,23,25,27,42H,3-4,6,9-17H2,1-2H3,(H,43,47)(H,48,49)/t23-,25-,27+,35+/m0/s1. The molecular weight excluding hydrogens is 719 g/mol. The van der Waals surface area contributed by atoms with E-state index in [0.29, 0.717) is 44.1 Å². The SMILES string of the molecule is Cc1nc2c(C(F)(F)F)cccc2c2c1O[C@@]1(CCC(=O)[C@@H](NC(=O)O)CCCCC3=C(C3)N=C[C@@H]3[C@@H](C(=O)NS(=O)(=O)C4(C)CC4)CC(=O)N31)CC2. The average Bonchev–Trinajstić information content (AvgIpc) is 4.00. The van der Waals surface area contributed by atoms with Crippen LogP contribution < -0.4 is 14.8 Å². The maximum absolute atomic E-state index is 14.2. The normalized spacial score (nSPS) is 27.3. The van der Waals surface area contributed by atoms with Crippen molar-refractivity contribution in [3.05, 3.63) is 46.3 Å². The number of para-hydroxylation sites is 1. The van der Waals surface area contributed by atoms with E-state index in [4.69, 9.17) is 4.74 Å². The van der Waals surface area contributed by atoms with Gasteiger partial charge in [0.25, 0.3) is 0 Å². The Morgan fingerprint density at radius 3 is 2.51 bits per heavy atom. The fourth-order valence-corrected chi connectivity index (χ4v) is 9.19. The summed E-state index contributed by atoms with van der Waals surface area (Å²) in [4.78, 5) is 63.8. The summed E-state index contributed by atoms with van der Waals surface area (Å²) < 4.78 is 76.2. The number of benzene rings is 1. The number of nitrogens with zero attached hydrogens (tertiary/aromatic N) is 3. The highest BCUT2D eigenvalue weighted by Gasteiger charge is 2.57. The second kappa shape index (κ2) is 13.1. The maximum Gasteiger partial charge on any atom is 0.418 e. The van der Waals surface area contributed by atoms with E-state index in [1.807, 2.05) is 0 Å². The summed E-state index contributed by atoms with van der Waals surface area (Å²) in [5.41, 5.74) is -0.518. The Balaban J connectivity index is 1.33. The highest BCUT2D eigenvalue weighted by atomic mass is 32.2. The third-order valence-corrected chi connectivity index (χ3v) is 13.5. The van der Waals surface area contributed by atoms with Gasteiger partial charge in [0.05, 0.1) is 39.5 Å². The largest absolute Gasteiger partial charge is 0.466 e. The highest BCUT2D eigenvalue weighted by molar-refractivity contribution is 7.91. The van der Waals surface area contributed by atoms with Gasteiger partial charge in [0.1, 0.15) is 5.75 Å². The van der Waals surface area contributed by atoms with Crippen LogP contribution in [-0.4, -0.2) is 75.9 Å². The van der Waals surface area contributed by atoms with Crippen LogP contribution in [0.3, 0.4) is 0 Å². The molecule has 7 rings (SSSR count). The molecular formula is C36H40F3N5O8S. The topological polar surface area (TPSA) is 184 Å². The first kappa shape index (κ1) is 36.8. The number of carboxylic acid groups (broad SMARTS) is 1. The summed E-state index contributed by atoms with van der Waals surface area (Å²) in [7, 11) is -4.07. The van der Waals surface area contributed by atoms with E-state index in [2.05, 4.69) is 20.0 Å². The van der Waals surface area contributed by atoms with E-state index in [0.717, 1.165) is 17.3 Å². The van der Waals surface area contributed by atoms with Gasteiger partial charge in [-0.05, 0) is 64.0 Å². The molecule has 3 aliphatic heterocycles. The van der Waals surface area contributed by atoms with Crippen LogP contribution >= 0.6 is 0 Å². The molecule has 2 fully saturated rings. The molecule has 0 radical (unpaired) electrons. The zero-order chi connectivity index (χ0) is 38.1. The Bertz CT molecular complexity index is 2100. The van der Waals surface area contributed by atoms with Crippen LogP contribution in [-0.2, 0) is 37.0 Å². The molecule has 0 bridgehead atoms. The van der Waals surface area contributed by atoms with Crippen molar-refractivity contribution in [3.63, 3.8) is 0 Å². The van der Waals surface area contributed by atoms with Crippen LogP contribution in [0.2, 0.25) is 0 Å². The number of sulfonamides is 1. The molecule has 3 N–H and O–H groups in total. The molecule has 1 saturated carbocycles. The number of carbonyl (C=O) groups is 4. The second-order valence-electron chi connectivity index (χ2n) is 15.0. The molecule has 284 valence electrons. The summed E-state index contributed by atoms with van der Waals surface area (Å²) >= 11 is 0. The zero-order valence-electron chi connectivity index (χ0n) is 29.2. The van der Waals surface area contributed by atoms with Gasteiger partial charge < -0.3 is 15.2 Å². The number of aliphatic imine (C=N–C) groups is 1.